The number of hydrogen-bond acceptors (Lipinski definition) is 3. The maximum absolute atomic E-state index is 10.8. The first-order chi connectivity index (χ1) is 7.22. The van der Waals surface area contributed by atoms with Crippen LogP contribution >= 0.6 is 0 Å². The van der Waals surface area contributed by atoms with Gasteiger partial charge < -0.3 is 0 Å². The fourth-order valence-corrected chi connectivity index (χ4v) is 3.20. The van der Waals surface area contributed by atoms with Crippen LogP contribution in [0.3, 0.4) is 0 Å². The SMILES string of the molecule is CCNc1ccnc2[se]c(C(=O)O)cc12. The van der Waals surface area contributed by atoms with Gasteiger partial charge in [0.05, 0.1) is 0 Å². The summed E-state index contributed by atoms with van der Waals surface area (Å²) in [7, 11) is 0. The van der Waals surface area contributed by atoms with E-state index in [0.29, 0.717) is 4.44 Å². The molecule has 0 bridgehead atoms. The second-order valence-electron chi connectivity index (χ2n) is 3.02. The zero-order chi connectivity index (χ0) is 10.8. The number of carboxylic acid groups (broad SMARTS) is 1. The van der Waals surface area contributed by atoms with Crippen LogP contribution in [0.2, 0.25) is 0 Å². The molecule has 0 atom stereocenters. The van der Waals surface area contributed by atoms with E-state index in [0.717, 1.165) is 22.0 Å². The minimum absolute atomic E-state index is 0.160. The van der Waals surface area contributed by atoms with Crippen molar-refractivity contribution >= 4 is 35.9 Å². The Morgan fingerprint density at radius 2 is 2.47 bits per heavy atom. The molecule has 0 spiro atoms. The zero-order valence-electron chi connectivity index (χ0n) is 8.15. The van der Waals surface area contributed by atoms with E-state index in [2.05, 4.69) is 10.3 Å². The summed E-state index contributed by atoms with van der Waals surface area (Å²) in [5.41, 5.74) is 0.973. The number of nitrogens with zero attached hydrogens (tertiary/aromatic N) is 1. The predicted molar refractivity (Wildman–Crippen MR) is 59.8 cm³/mol. The van der Waals surface area contributed by atoms with Crippen LogP contribution in [0.4, 0.5) is 5.69 Å². The number of anilines is 1. The van der Waals surface area contributed by atoms with Gasteiger partial charge in [0, 0.05) is 0 Å². The second kappa shape index (κ2) is 4.04. The molecule has 0 unspecified atom stereocenters. The molecule has 0 saturated heterocycles. The molecule has 78 valence electrons. The minimum atomic E-state index is -0.838. The molecule has 0 amide bonds. The van der Waals surface area contributed by atoms with Crippen molar-refractivity contribution in [3.8, 4) is 0 Å². The maximum atomic E-state index is 10.8. The van der Waals surface area contributed by atoms with Crippen LogP contribution < -0.4 is 5.32 Å². The molecule has 2 heterocycles. The first-order valence-corrected chi connectivity index (χ1v) is 6.29. The number of nitrogens with one attached hydrogen (secondary N) is 1. The van der Waals surface area contributed by atoms with Gasteiger partial charge in [-0.05, 0) is 0 Å². The molecule has 0 saturated carbocycles. The summed E-state index contributed by atoms with van der Waals surface area (Å²) >= 11 is -0.160. The molecule has 4 nitrogen and oxygen atoms in total. The average molecular weight is 269 g/mol. The van der Waals surface area contributed by atoms with Gasteiger partial charge in [0.2, 0.25) is 0 Å². The van der Waals surface area contributed by atoms with Crippen LogP contribution in [0.5, 0.6) is 0 Å². The topological polar surface area (TPSA) is 62.2 Å². The van der Waals surface area contributed by atoms with Crippen molar-refractivity contribution in [1.82, 2.24) is 4.98 Å². The Morgan fingerprint density at radius 1 is 1.67 bits per heavy atom. The van der Waals surface area contributed by atoms with E-state index in [-0.39, 0.29) is 14.5 Å². The molecular formula is C10H10N2O2Se. The Labute approximate surface area is 92.7 Å². The normalized spacial score (nSPS) is 10.5. The molecular weight excluding hydrogens is 259 g/mol. The van der Waals surface area contributed by atoms with Crippen molar-refractivity contribution in [3.05, 3.63) is 22.8 Å². The van der Waals surface area contributed by atoms with Gasteiger partial charge in [-0.1, -0.05) is 0 Å². The van der Waals surface area contributed by atoms with Crippen molar-refractivity contribution < 1.29 is 9.90 Å². The first kappa shape index (κ1) is 10.2. The summed E-state index contributed by atoms with van der Waals surface area (Å²) in [5.74, 6) is -0.838. The third-order valence-corrected chi connectivity index (χ3v) is 4.18. The molecule has 2 aromatic rings. The van der Waals surface area contributed by atoms with Gasteiger partial charge in [-0.15, -0.1) is 0 Å². The van der Waals surface area contributed by atoms with Crippen molar-refractivity contribution in [1.29, 1.82) is 0 Å². The Hall–Kier alpha value is -1.32. The molecule has 2 aromatic heterocycles. The summed E-state index contributed by atoms with van der Waals surface area (Å²) < 4.78 is 1.37. The predicted octanol–water partition coefficient (Wildman–Crippen LogP) is 1.42. The number of fused-ring (bicyclic) bond motifs is 1. The van der Waals surface area contributed by atoms with E-state index in [1.54, 1.807) is 12.3 Å². The number of carbonyl (C=O) groups is 1. The summed E-state index contributed by atoms with van der Waals surface area (Å²) in [6.45, 7) is 2.83. The van der Waals surface area contributed by atoms with Gasteiger partial charge in [-0.25, -0.2) is 0 Å². The summed E-state index contributed by atoms with van der Waals surface area (Å²) in [6.07, 6.45) is 1.72. The number of pyridine rings is 1. The molecule has 15 heavy (non-hydrogen) atoms. The molecule has 0 aliphatic rings. The molecule has 2 rings (SSSR count). The molecule has 5 heteroatoms. The average Bonchev–Trinajstić information content (AvgIpc) is 2.63. The fourth-order valence-electron chi connectivity index (χ4n) is 1.39. The van der Waals surface area contributed by atoms with Crippen molar-refractivity contribution in [2.24, 2.45) is 0 Å². The number of carboxylic acids is 1. The summed E-state index contributed by atoms with van der Waals surface area (Å²) in [4.78, 5) is 15.0. The van der Waals surface area contributed by atoms with Crippen LogP contribution in [0, 0.1) is 0 Å². The zero-order valence-corrected chi connectivity index (χ0v) is 9.86. The van der Waals surface area contributed by atoms with Crippen LogP contribution in [-0.4, -0.2) is 37.1 Å². The number of rotatable bonds is 3. The number of aromatic carboxylic acids is 1. The van der Waals surface area contributed by atoms with Gasteiger partial charge >= 0.3 is 92.4 Å². The van der Waals surface area contributed by atoms with E-state index in [9.17, 15) is 4.79 Å². The quantitative estimate of drug-likeness (QED) is 0.827. The third kappa shape index (κ3) is 1.89. The van der Waals surface area contributed by atoms with Gasteiger partial charge in [0.25, 0.3) is 0 Å². The fraction of sp³-hybridized carbons (Fsp3) is 0.200. The van der Waals surface area contributed by atoms with Gasteiger partial charge in [0.1, 0.15) is 0 Å². The molecule has 2 N–H and O–H groups in total. The van der Waals surface area contributed by atoms with E-state index in [4.69, 9.17) is 5.11 Å². The van der Waals surface area contributed by atoms with E-state index >= 15 is 0 Å². The van der Waals surface area contributed by atoms with Crippen LogP contribution in [0.15, 0.2) is 18.3 Å². The van der Waals surface area contributed by atoms with E-state index in [1.807, 2.05) is 13.0 Å². The summed E-state index contributed by atoms with van der Waals surface area (Å²) in [6, 6.07) is 3.60. The Morgan fingerprint density at radius 3 is 3.13 bits per heavy atom. The number of aromatic nitrogens is 1. The van der Waals surface area contributed by atoms with E-state index < -0.39 is 5.97 Å². The molecule has 0 aliphatic carbocycles. The van der Waals surface area contributed by atoms with Gasteiger partial charge in [0.15, 0.2) is 0 Å². The van der Waals surface area contributed by atoms with Crippen molar-refractivity contribution in [3.63, 3.8) is 0 Å². The Balaban J connectivity index is 2.59. The van der Waals surface area contributed by atoms with Gasteiger partial charge in [-0.2, -0.15) is 0 Å². The third-order valence-electron chi connectivity index (χ3n) is 2.01. The summed E-state index contributed by atoms with van der Waals surface area (Å²) in [5, 5.41) is 13.0. The molecule has 0 aliphatic heterocycles. The monoisotopic (exact) mass is 270 g/mol. The molecule has 0 radical (unpaired) electrons. The van der Waals surface area contributed by atoms with Crippen LogP contribution in [0.25, 0.3) is 9.78 Å². The first-order valence-electron chi connectivity index (χ1n) is 4.58. The Bertz CT molecular complexity index is 507. The van der Waals surface area contributed by atoms with Crippen LogP contribution in [0.1, 0.15) is 16.2 Å². The van der Waals surface area contributed by atoms with Gasteiger partial charge in [-0.3, -0.25) is 0 Å². The van der Waals surface area contributed by atoms with Crippen molar-refractivity contribution in [2.45, 2.75) is 6.92 Å². The Kier molecular flexibility index (Phi) is 2.75. The van der Waals surface area contributed by atoms with Crippen LogP contribution in [-0.2, 0) is 0 Å². The standard InChI is InChI=1S/C10H10N2O2Se/c1-2-11-7-3-4-12-9-6(7)5-8(15-9)10(13)14/h3-5H,2H2,1H3,(H,11,12)(H,13,14). The molecule has 0 fully saturated rings. The van der Waals surface area contributed by atoms with Crippen molar-refractivity contribution in [2.75, 3.05) is 11.9 Å². The molecule has 0 aromatic carbocycles. The number of hydrogen-bond donors (Lipinski definition) is 2. The second-order valence-corrected chi connectivity index (χ2v) is 5.19. The van der Waals surface area contributed by atoms with E-state index in [1.165, 1.54) is 0 Å².